The summed E-state index contributed by atoms with van der Waals surface area (Å²) in [6.07, 6.45) is 0. The topological polar surface area (TPSA) is 69.6 Å². The van der Waals surface area contributed by atoms with Crippen LogP contribution in [0.1, 0.15) is 0 Å². The van der Waals surface area contributed by atoms with Gasteiger partial charge in [0.25, 0.3) is 0 Å². The monoisotopic (exact) mass is 817 g/mol. The molecule has 0 atom stereocenters. The Labute approximate surface area is 367 Å². The zero-order valence-corrected chi connectivity index (χ0v) is 34.4. The molecule has 4 heterocycles. The van der Waals surface area contributed by atoms with E-state index in [9.17, 15) is 0 Å². The minimum absolute atomic E-state index is 0.603. The number of nitrogens with zero attached hydrogens (tertiary/aromatic N) is 5. The Bertz CT molecular complexity index is 3910. The SMILES string of the molecule is c1ccc(-c2nc(-c3ccc(-c4cccc(-c5nc6ccc7ccccc7c6c6c5oc5ccccc56)c4)cc3)nc(-c3cccc(-n4c5ccccc5c5ccccc54)c3)n2)cc1. The van der Waals surface area contributed by atoms with Crippen LogP contribution in [0, 0.1) is 0 Å². The third-order valence-corrected chi connectivity index (χ3v) is 12.4. The molecular formula is C58H35N5O. The van der Waals surface area contributed by atoms with Gasteiger partial charge in [-0.05, 0) is 64.4 Å². The maximum Gasteiger partial charge on any atom is 0.164 e. The highest BCUT2D eigenvalue weighted by molar-refractivity contribution is 6.27. The summed E-state index contributed by atoms with van der Waals surface area (Å²) < 4.78 is 8.98. The van der Waals surface area contributed by atoms with Crippen LogP contribution >= 0.6 is 0 Å². The molecule has 9 aromatic carbocycles. The first-order valence-electron chi connectivity index (χ1n) is 21.5. The molecule has 298 valence electrons. The second-order valence-electron chi connectivity index (χ2n) is 16.2. The number of furan rings is 1. The van der Waals surface area contributed by atoms with Crippen molar-refractivity contribution in [3.8, 4) is 62.2 Å². The predicted octanol–water partition coefficient (Wildman–Crippen LogP) is 14.9. The Hall–Kier alpha value is -8.74. The van der Waals surface area contributed by atoms with Crippen molar-refractivity contribution in [2.75, 3.05) is 0 Å². The molecule has 0 amide bonds. The summed E-state index contributed by atoms with van der Waals surface area (Å²) in [5.41, 5.74) is 12.6. The molecule has 4 aromatic heterocycles. The Kier molecular flexibility index (Phi) is 8.11. The van der Waals surface area contributed by atoms with Gasteiger partial charge in [-0.15, -0.1) is 0 Å². The maximum atomic E-state index is 6.67. The molecule has 0 saturated heterocycles. The molecule has 0 fully saturated rings. The summed E-state index contributed by atoms with van der Waals surface area (Å²) in [6, 6.07) is 73.8. The van der Waals surface area contributed by atoms with E-state index in [4.69, 9.17) is 24.4 Å². The van der Waals surface area contributed by atoms with E-state index in [1.54, 1.807) is 0 Å². The van der Waals surface area contributed by atoms with Crippen molar-refractivity contribution in [3.05, 3.63) is 212 Å². The van der Waals surface area contributed by atoms with Crippen molar-refractivity contribution in [3.63, 3.8) is 0 Å². The fourth-order valence-corrected chi connectivity index (χ4v) is 9.44. The summed E-state index contributed by atoms with van der Waals surface area (Å²) in [6.45, 7) is 0. The number of aromatic nitrogens is 5. The van der Waals surface area contributed by atoms with E-state index < -0.39 is 0 Å². The molecule has 6 heteroatoms. The Morgan fingerprint density at radius 3 is 1.67 bits per heavy atom. The van der Waals surface area contributed by atoms with Gasteiger partial charge in [-0.2, -0.15) is 0 Å². The van der Waals surface area contributed by atoms with E-state index >= 15 is 0 Å². The molecule has 0 aliphatic heterocycles. The lowest BCUT2D eigenvalue weighted by Gasteiger charge is -2.12. The van der Waals surface area contributed by atoms with Crippen molar-refractivity contribution in [2.45, 2.75) is 0 Å². The molecule has 0 saturated carbocycles. The summed E-state index contributed by atoms with van der Waals surface area (Å²) in [5.74, 6) is 1.83. The molecule has 0 radical (unpaired) electrons. The van der Waals surface area contributed by atoms with Crippen LogP contribution in [-0.2, 0) is 0 Å². The van der Waals surface area contributed by atoms with Crippen LogP contribution in [0.15, 0.2) is 217 Å². The number of fused-ring (bicyclic) bond motifs is 10. The van der Waals surface area contributed by atoms with E-state index in [0.29, 0.717) is 17.5 Å². The van der Waals surface area contributed by atoms with Crippen LogP contribution in [0.3, 0.4) is 0 Å². The molecule has 6 nitrogen and oxygen atoms in total. The zero-order valence-electron chi connectivity index (χ0n) is 34.4. The van der Waals surface area contributed by atoms with E-state index in [2.05, 4.69) is 174 Å². The van der Waals surface area contributed by atoms with Gasteiger partial charge in [-0.3, -0.25) is 0 Å². The standard InChI is InChI=1S/C58H35N5O/c1-2-15-38(16-3-1)56-60-57(62-58(61-56)42-19-13-20-43(35-42)63-49-25-9-6-22-45(49)46-23-7-10-26-50(46)63)39-30-28-36(29-31-39)40-17-12-18-41(34-40)54-55-53(47-24-8-11-27-51(47)64-55)52-44-21-5-4-14-37(44)32-33-48(52)59-54/h1-35H. The largest absolute Gasteiger partial charge is 0.454 e. The van der Waals surface area contributed by atoms with E-state index in [1.807, 2.05) is 42.5 Å². The summed E-state index contributed by atoms with van der Waals surface area (Å²) in [7, 11) is 0. The van der Waals surface area contributed by atoms with Gasteiger partial charge in [0.15, 0.2) is 23.1 Å². The van der Waals surface area contributed by atoms with Crippen LogP contribution in [0.25, 0.3) is 128 Å². The Morgan fingerprint density at radius 1 is 0.344 bits per heavy atom. The second-order valence-corrected chi connectivity index (χ2v) is 16.2. The smallest absolute Gasteiger partial charge is 0.164 e. The van der Waals surface area contributed by atoms with Crippen LogP contribution in [-0.4, -0.2) is 24.5 Å². The van der Waals surface area contributed by atoms with E-state index in [0.717, 1.165) is 88.6 Å². The van der Waals surface area contributed by atoms with Crippen molar-refractivity contribution >= 4 is 65.4 Å². The third kappa shape index (κ3) is 5.81. The highest BCUT2D eigenvalue weighted by atomic mass is 16.3. The minimum atomic E-state index is 0.603. The zero-order chi connectivity index (χ0) is 42.1. The molecule has 0 bridgehead atoms. The van der Waals surface area contributed by atoms with Crippen molar-refractivity contribution < 1.29 is 4.42 Å². The molecule has 13 rings (SSSR count). The van der Waals surface area contributed by atoms with Crippen LogP contribution in [0.5, 0.6) is 0 Å². The quantitative estimate of drug-likeness (QED) is 0.156. The molecule has 0 N–H and O–H groups in total. The average Bonchev–Trinajstić information content (AvgIpc) is 3.93. The van der Waals surface area contributed by atoms with E-state index in [-0.39, 0.29) is 0 Å². The van der Waals surface area contributed by atoms with Gasteiger partial charge in [0.1, 0.15) is 11.3 Å². The first-order valence-corrected chi connectivity index (χ1v) is 21.5. The summed E-state index contributed by atoms with van der Waals surface area (Å²) >= 11 is 0. The molecule has 0 aliphatic rings. The van der Waals surface area contributed by atoms with Crippen LogP contribution < -0.4 is 0 Å². The number of benzene rings is 9. The fraction of sp³-hybridized carbons (Fsp3) is 0. The number of hydrogen-bond donors (Lipinski definition) is 0. The lowest BCUT2D eigenvalue weighted by atomic mass is 9.97. The van der Waals surface area contributed by atoms with Gasteiger partial charge in [0.2, 0.25) is 0 Å². The van der Waals surface area contributed by atoms with Gasteiger partial charge in [-0.1, -0.05) is 170 Å². The third-order valence-electron chi connectivity index (χ3n) is 12.4. The Morgan fingerprint density at radius 2 is 0.906 bits per heavy atom. The molecule has 0 aliphatic carbocycles. The second kappa shape index (κ2) is 14.4. The van der Waals surface area contributed by atoms with Gasteiger partial charge < -0.3 is 8.98 Å². The van der Waals surface area contributed by atoms with Crippen LogP contribution in [0.2, 0.25) is 0 Å². The Balaban J connectivity index is 0.902. The lowest BCUT2D eigenvalue weighted by Crippen LogP contribution is -2.01. The lowest BCUT2D eigenvalue weighted by molar-refractivity contribution is 0.669. The first kappa shape index (κ1) is 36.0. The van der Waals surface area contributed by atoms with Gasteiger partial charge in [-0.25, -0.2) is 19.9 Å². The van der Waals surface area contributed by atoms with E-state index in [1.165, 1.54) is 21.5 Å². The minimum Gasteiger partial charge on any atom is -0.454 e. The number of rotatable bonds is 6. The van der Waals surface area contributed by atoms with Gasteiger partial charge in [0.05, 0.1) is 16.6 Å². The van der Waals surface area contributed by atoms with Crippen molar-refractivity contribution in [1.82, 2.24) is 24.5 Å². The molecule has 0 spiro atoms. The highest BCUT2D eigenvalue weighted by Gasteiger charge is 2.20. The average molecular weight is 818 g/mol. The van der Waals surface area contributed by atoms with Gasteiger partial charge in [0, 0.05) is 54.9 Å². The van der Waals surface area contributed by atoms with Crippen molar-refractivity contribution in [2.24, 2.45) is 0 Å². The molecule has 0 unspecified atom stereocenters. The molecule has 64 heavy (non-hydrogen) atoms. The number of pyridine rings is 1. The molecular weight excluding hydrogens is 783 g/mol. The summed E-state index contributed by atoms with van der Waals surface area (Å²) in [5, 5.41) is 8.07. The highest BCUT2D eigenvalue weighted by Crippen LogP contribution is 2.42. The normalized spacial score (nSPS) is 11.8. The fourth-order valence-electron chi connectivity index (χ4n) is 9.44. The van der Waals surface area contributed by atoms with Gasteiger partial charge >= 0.3 is 0 Å². The predicted molar refractivity (Wildman–Crippen MR) is 261 cm³/mol. The maximum absolute atomic E-state index is 6.67. The number of hydrogen-bond acceptors (Lipinski definition) is 5. The van der Waals surface area contributed by atoms with Crippen molar-refractivity contribution in [1.29, 1.82) is 0 Å². The van der Waals surface area contributed by atoms with Crippen LogP contribution in [0.4, 0.5) is 0 Å². The first-order chi connectivity index (χ1) is 31.7. The number of para-hydroxylation sites is 3. The molecule has 13 aromatic rings. The summed E-state index contributed by atoms with van der Waals surface area (Å²) in [4.78, 5) is 20.6.